The van der Waals surface area contributed by atoms with Gasteiger partial charge in [-0.1, -0.05) is 6.42 Å². The first-order valence-corrected chi connectivity index (χ1v) is 7.85. The van der Waals surface area contributed by atoms with Crippen molar-refractivity contribution in [2.75, 3.05) is 36.8 Å². The van der Waals surface area contributed by atoms with E-state index in [4.69, 9.17) is 5.73 Å². The summed E-state index contributed by atoms with van der Waals surface area (Å²) in [4.78, 5) is 9.58. The summed E-state index contributed by atoms with van der Waals surface area (Å²) in [5, 5.41) is 0. The van der Waals surface area contributed by atoms with Crippen molar-refractivity contribution in [2.45, 2.75) is 32.2 Å². The van der Waals surface area contributed by atoms with Crippen LogP contribution in [0.5, 0.6) is 0 Å². The van der Waals surface area contributed by atoms with Crippen LogP contribution in [0, 0.1) is 6.92 Å². The number of piperidine rings is 1. The molecule has 0 aromatic carbocycles. The van der Waals surface area contributed by atoms with Crippen LogP contribution in [-0.2, 0) is 0 Å². The minimum atomic E-state index is 0.703. The van der Waals surface area contributed by atoms with Gasteiger partial charge in [-0.15, -0.1) is 0 Å². The summed E-state index contributed by atoms with van der Waals surface area (Å²) in [5.41, 5.74) is 7.76. The number of halogens is 1. The Bertz CT molecular complexity index is 477. The summed E-state index contributed by atoms with van der Waals surface area (Å²) in [6.07, 6.45) is 5.83. The molecule has 2 N–H and O–H groups in total. The monoisotopic (exact) mass is 324 g/mol. The number of nitrogens with zero attached hydrogens (tertiary/aromatic N) is 3. The molecular weight excluding hydrogens is 304 g/mol. The summed E-state index contributed by atoms with van der Waals surface area (Å²) >= 11 is 3.66. The Kier molecular flexibility index (Phi) is 3.67. The zero-order valence-corrected chi connectivity index (χ0v) is 13.0. The van der Waals surface area contributed by atoms with E-state index >= 15 is 0 Å². The van der Waals surface area contributed by atoms with Crippen LogP contribution < -0.4 is 10.6 Å². The highest BCUT2D eigenvalue weighted by atomic mass is 79.9. The lowest BCUT2D eigenvalue weighted by atomic mass is 9.99. The van der Waals surface area contributed by atoms with Gasteiger partial charge in [0.2, 0.25) is 0 Å². The number of piperazine rings is 1. The van der Waals surface area contributed by atoms with Crippen LogP contribution in [0.3, 0.4) is 0 Å². The number of pyridine rings is 1. The molecule has 0 aliphatic carbocycles. The van der Waals surface area contributed by atoms with Crippen molar-refractivity contribution in [3.63, 3.8) is 0 Å². The molecule has 0 bridgehead atoms. The molecule has 0 radical (unpaired) electrons. The van der Waals surface area contributed by atoms with E-state index < -0.39 is 0 Å². The van der Waals surface area contributed by atoms with Crippen molar-refractivity contribution in [1.82, 2.24) is 9.88 Å². The predicted molar refractivity (Wildman–Crippen MR) is 82.5 cm³/mol. The molecule has 19 heavy (non-hydrogen) atoms. The van der Waals surface area contributed by atoms with Crippen LogP contribution in [0.4, 0.5) is 11.5 Å². The Morgan fingerprint density at radius 3 is 3.00 bits per heavy atom. The molecule has 1 atom stereocenters. The minimum absolute atomic E-state index is 0.703. The Labute approximate surface area is 123 Å². The number of hydrogen-bond acceptors (Lipinski definition) is 4. The molecule has 3 heterocycles. The summed E-state index contributed by atoms with van der Waals surface area (Å²) in [6.45, 7) is 6.62. The van der Waals surface area contributed by atoms with Crippen LogP contribution in [0.25, 0.3) is 0 Å². The van der Waals surface area contributed by atoms with Crippen molar-refractivity contribution >= 4 is 27.4 Å². The van der Waals surface area contributed by atoms with Gasteiger partial charge >= 0.3 is 0 Å². The van der Waals surface area contributed by atoms with Crippen LogP contribution in [0.1, 0.15) is 24.8 Å². The van der Waals surface area contributed by atoms with Gasteiger partial charge in [-0.05, 0) is 47.8 Å². The standard InChI is InChI=1S/C14H21BrN4/c1-10-12(16)8-17-14(13(10)15)19-7-6-18-5-3-2-4-11(18)9-19/h8,11H,2-7,9,16H2,1H3. The minimum Gasteiger partial charge on any atom is -0.397 e. The number of anilines is 2. The molecule has 0 spiro atoms. The lowest BCUT2D eigenvalue weighted by molar-refractivity contribution is 0.133. The lowest BCUT2D eigenvalue weighted by Gasteiger charge is -2.44. The largest absolute Gasteiger partial charge is 0.397 e. The van der Waals surface area contributed by atoms with Crippen LogP contribution in [0.15, 0.2) is 10.7 Å². The molecule has 2 saturated heterocycles. The summed E-state index contributed by atoms with van der Waals surface area (Å²) in [5.74, 6) is 1.05. The van der Waals surface area contributed by atoms with Crippen molar-refractivity contribution in [2.24, 2.45) is 0 Å². The highest BCUT2D eigenvalue weighted by Crippen LogP contribution is 2.32. The maximum Gasteiger partial charge on any atom is 0.143 e. The molecule has 1 aromatic heterocycles. The maximum atomic E-state index is 5.91. The first-order valence-electron chi connectivity index (χ1n) is 7.06. The molecule has 104 valence electrons. The van der Waals surface area contributed by atoms with E-state index in [1.807, 2.05) is 6.92 Å². The van der Waals surface area contributed by atoms with Gasteiger partial charge in [-0.2, -0.15) is 0 Å². The molecule has 1 aromatic rings. The van der Waals surface area contributed by atoms with Gasteiger partial charge in [0.15, 0.2) is 0 Å². The third kappa shape index (κ3) is 2.46. The normalized spacial score (nSPS) is 24.3. The second-order valence-electron chi connectivity index (χ2n) is 5.61. The van der Waals surface area contributed by atoms with E-state index in [1.165, 1.54) is 25.8 Å². The molecule has 1 unspecified atom stereocenters. The highest BCUT2D eigenvalue weighted by molar-refractivity contribution is 9.10. The molecule has 0 saturated carbocycles. The predicted octanol–water partition coefficient (Wildman–Crippen LogP) is 2.41. The molecule has 3 rings (SSSR count). The van der Waals surface area contributed by atoms with Crippen LogP contribution >= 0.6 is 15.9 Å². The third-order valence-corrected chi connectivity index (χ3v) is 5.37. The third-order valence-electron chi connectivity index (χ3n) is 4.42. The van der Waals surface area contributed by atoms with Gasteiger partial charge in [0, 0.05) is 25.7 Å². The summed E-state index contributed by atoms with van der Waals surface area (Å²) in [6, 6.07) is 0.703. The molecule has 0 amide bonds. The fourth-order valence-electron chi connectivity index (χ4n) is 3.15. The Balaban J connectivity index is 1.81. The Morgan fingerprint density at radius 2 is 2.16 bits per heavy atom. The van der Waals surface area contributed by atoms with Crippen LogP contribution in [0.2, 0.25) is 0 Å². The van der Waals surface area contributed by atoms with Crippen molar-refractivity contribution < 1.29 is 0 Å². The topological polar surface area (TPSA) is 45.4 Å². The lowest BCUT2D eigenvalue weighted by Crippen LogP contribution is -2.55. The number of nitrogen functional groups attached to an aromatic ring is 1. The number of rotatable bonds is 1. The maximum absolute atomic E-state index is 5.91. The zero-order chi connectivity index (χ0) is 13.4. The quantitative estimate of drug-likeness (QED) is 0.861. The second kappa shape index (κ2) is 5.29. The van der Waals surface area contributed by atoms with E-state index in [1.54, 1.807) is 6.20 Å². The summed E-state index contributed by atoms with van der Waals surface area (Å²) < 4.78 is 1.05. The molecule has 5 heteroatoms. The second-order valence-corrected chi connectivity index (χ2v) is 6.40. The van der Waals surface area contributed by atoms with E-state index in [2.05, 4.69) is 30.7 Å². The molecule has 4 nitrogen and oxygen atoms in total. The van der Waals surface area contributed by atoms with Gasteiger partial charge in [-0.3, -0.25) is 4.90 Å². The van der Waals surface area contributed by atoms with E-state index in [9.17, 15) is 0 Å². The fraction of sp³-hybridized carbons (Fsp3) is 0.643. The van der Waals surface area contributed by atoms with Gasteiger partial charge in [0.05, 0.1) is 16.4 Å². The van der Waals surface area contributed by atoms with Crippen molar-refractivity contribution in [1.29, 1.82) is 0 Å². The molecule has 2 fully saturated rings. The van der Waals surface area contributed by atoms with Crippen molar-refractivity contribution in [3.05, 3.63) is 16.2 Å². The SMILES string of the molecule is Cc1c(N)cnc(N2CCN3CCCCC3C2)c1Br. The summed E-state index contributed by atoms with van der Waals surface area (Å²) in [7, 11) is 0. The van der Waals surface area contributed by atoms with Gasteiger partial charge in [0.1, 0.15) is 5.82 Å². The highest BCUT2D eigenvalue weighted by Gasteiger charge is 2.30. The number of aromatic nitrogens is 1. The first-order chi connectivity index (χ1) is 9.16. The fourth-order valence-corrected chi connectivity index (χ4v) is 3.73. The average Bonchev–Trinajstić information content (AvgIpc) is 2.44. The number of nitrogens with two attached hydrogens (primary N) is 1. The Morgan fingerprint density at radius 1 is 1.32 bits per heavy atom. The molecular formula is C14H21BrN4. The van der Waals surface area contributed by atoms with E-state index in [0.29, 0.717) is 6.04 Å². The van der Waals surface area contributed by atoms with E-state index in [-0.39, 0.29) is 0 Å². The van der Waals surface area contributed by atoms with Gasteiger partial charge in [-0.25, -0.2) is 4.98 Å². The average molecular weight is 325 g/mol. The molecule has 2 aliphatic rings. The van der Waals surface area contributed by atoms with Crippen LogP contribution in [-0.4, -0.2) is 42.1 Å². The zero-order valence-electron chi connectivity index (χ0n) is 11.4. The van der Waals surface area contributed by atoms with Gasteiger partial charge < -0.3 is 10.6 Å². The number of hydrogen-bond donors (Lipinski definition) is 1. The molecule has 2 aliphatic heterocycles. The smallest absolute Gasteiger partial charge is 0.143 e. The Hall–Kier alpha value is -0.810. The van der Waals surface area contributed by atoms with Crippen molar-refractivity contribution in [3.8, 4) is 0 Å². The first kappa shape index (κ1) is 13.2. The number of fused-ring (bicyclic) bond motifs is 1. The van der Waals surface area contributed by atoms with Gasteiger partial charge in [0.25, 0.3) is 0 Å². The van der Waals surface area contributed by atoms with E-state index in [0.717, 1.165) is 41.2 Å².